The summed E-state index contributed by atoms with van der Waals surface area (Å²) in [5.41, 5.74) is 0. The summed E-state index contributed by atoms with van der Waals surface area (Å²) < 4.78 is 87.3. The van der Waals surface area contributed by atoms with Gasteiger partial charge in [-0.2, -0.15) is 0 Å². The van der Waals surface area contributed by atoms with Crippen LogP contribution in [0.3, 0.4) is 0 Å². The fourth-order valence-corrected chi connectivity index (χ4v) is 6.27. The van der Waals surface area contributed by atoms with Crippen LogP contribution in [-0.4, -0.2) is 188 Å². The zero-order chi connectivity index (χ0) is 32.4. The normalized spacial score (nSPS) is 43.3. The zero-order valence-electron chi connectivity index (χ0n) is 27.4. The molecule has 0 aromatic rings. The number of aliphatic hydroxyl groups is 1. The van der Waals surface area contributed by atoms with E-state index in [0.717, 1.165) is 0 Å². The van der Waals surface area contributed by atoms with Crippen molar-refractivity contribution in [3.63, 3.8) is 0 Å². The minimum absolute atomic E-state index is 0.00752. The summed E-state index contributed by atoms with van der Waals surface area (Å²) in [6.45, 7) is 0.220. The standard InChI is InChI=1S/C28H52O16/c1-30-11-14-17(31-2)21(35-6)24(38-9)27(43-14)41-13-16-19(33-4)22(36-7)25(39-10)28(44-16)40-12-15-18(32-3)20(34-5)23(37-8)26(29)42-15/h14-29H,11-13H2,1-10H3/t14-,15-,16-,17-,18-,19-,20+,21+,22+,23-,24-,25-,26+,27-,28+/m1/s1. The van der Waals surface area contributed by atoms with Crippen molar-refractivity contribution in [3.05, 3.63) is 0 Å². The van der Waals surface area contributed by atoms with Gasteiger partial charge in [-0.15, -0.1) is 0 Å². The van der Waals surface area contributed by atoms with E-state index in [1.807, 2.05) is 0 Å². The van der Waals surface area contributed by atoms with Crippen LogP contribution in [0, 0.1) is 0 Å². The third-order valence-electron chi connectivity index (χ3n) is 8.42. The molecule has 0 spiro atoms. The number of hydrogen-bond acceptors (Lipinski definition) is 16. The average molecular weight is 645 g/mol. The molecule has 3 saturated heterocycles. The Balaban J connectivity index is 1.76. The Morgan fingerprint density at radius 1 is 0.386 bits per heavy atom. The van der Waals surface area contributed by atoms with E-state index in [2.05, 4.69) is 0 Å². The lowest BCUT2D eigenvalue weighted by Crippen LogP contribution is -2.64. The summed E-state index contributed by atoms with van der Waals surface area (Å²) in [6, 6.07) is 0. The molecule has 44 heavy (non-hydrogen) atoms. The van der Waals surface area contributed by atoms with Crippen molar-refractivity contribution in [1.82, 2.24) is 0 Å². The zero-order valence-corrected chi connectivity index (χ0v) is 27.4. The van der Waals surface area contributed by atoms with Gasteiger partial charge in [-0.3, -0.25) is 0 Å². The topological polar surface area (TPSA) is 159 Å². The van der Waals surface area contributed by atoms with Gasteiger partial charge in [0, 0.05) is 71.1 Å². The fraction of sp³-hybridized carbons (Fsp3) is 1.00. The van der Waals surface area contributed by atoms with E-state index in [4.69, 9.17) is 71.1 Å². The van der Waals surface area contributed by atoms with Gasteiger partial charge in [-0.25, -0.2) is 0 Å². The van der Waals surface area contributed by atoms with Gasteiger partial charge in [-0.05, 0) is 0 Å². The Labute approximate surface area is 259 Å². The van der Waals surface area contributed by atoms with E-state index in [0.29, 0.717) is 0 Å². The van der Waals surface area contributed by atoms with Gasteiger partial charge in [0.15, 0.2) is 18.9 Å². The third-order valence-corrected chi connectivity index (χ3v) is 8.42. The van der Waals surface area contributed by atoms with Crippen LogP contribution in [0.1, 0.15) is 0 Å². The first kappa shape index (κ1) is 37.8. The summed E-state index contributed by atoms with van der Waals surface area (Å²) in [7, 11) is 15.4. The number of methoxy groups -OCH3 is 10. The monoisotopic (exact) mass is 644 g/mol. The molecule has 260 valence electrons. The predicted molar refractivity (Wildman–Crippen MR) is 149 cm³/mol. The molecule has 3 fully saturated rings. The molecule has 0 aliphatic carbocycles. The van der Waals surface area contributed by atoms with Crippen LogP contribution in [0.4, 0.5) is 0 Å². The van der Waals surface area contributed by atoms with Crippen LogP contribution >= 0.6 is 0 Å². The van der Waals surface area contributed by atoms with Crippen molar-refractivity contribution in [1.29, 1.82) is 0 Å². The van der Waals surface area contributed by atoms with Crippen LogP contribution in [0.2, 0.25) is 0 Å². The minimum atomic E-state index is -1.26. The number of rotatable bonds is 17. The lowest BCUT2D eigenvalue weighted by Gasteiger charge is -2.47. The molecule has 3 aliphatic rings. The maximum atomic E-state index is 10.5. The second kappa shape index (κ2) is 18.6. The van der Waals surface area contributed by atoms with Crippen molar-refractivity contribution in [2.45, 2.75) is 92.1 Å². The van der Waals surface area contributed by atoms with E-state index >= 15 is 0 Å². The maximum Gasteiger partial charge on any atom is 0.187 e. The molecular weight excluding hydrogens is 592 g/mol. The van der Waals surface area contributed by atoms with Crippen LogP contribution in [0.25, 0.3) is 0 Å². The Hall–Kier alpha value is -0.640. The number of hydrogen-bond donors (Lipinski definition) is 1. The van der Waals surface area contributed by atoms with Crippen molar-refractivity contribution in [2.24, 2.45) is 0 Å². The number of aliphatic hydroxyl groups excluding tert-OH is 1. The molecule has 0 unspecified atom stereocenters. The summed E-state index contributed by atoms with van der Waals surface area (Å²) >= 11 is 0. The van der Waals surface area contributed by atoms with Gasteiger partial charge in [0.2, 0.25) is 0 Å². The molecule has 1 N–H and O–H groups in total. The molecule has 15 atom stereocenters. The number of ether oxygens (including phenoxy) is 15. The van der Waals surface area contributed by atoms with Crippen LogP contribution < -0.4 is 0 Å². The summed E-state index contributed by atoms with van der Waals surface area (Å²) in [5.74, 6) is 0. The Morgan fingerprint density at radius 2 is 0.705 bits per heavy atom. The molecule has 0 radical (unpaired) electrons. The van der Waals surface area contributed by atoms with E-state index < -0.39 is 92.1 Å². The van der Waals surface area contributed by atoms with Gasteiger partial charge >= 0.3 is 0 Å². The lowest BCUT2D eigenvalue weighted by atomic mass is 9.97. The summed E-state index contributed by atoms with van der Waals surface area (Å²) in [4.78, 5) is 0. The highest BCUT2D eigenvalue weighted by molar-refractivity contribution is 4.96. The minimum Gasteiger partial charge on any atom is -0.382 e. The second-order valence-corrected chi connectivity index (χ2v) is 10.6. The average Bonchev–Trinajstić information content (AvgIpc) is 3.04. The lowest BCUT2D eigenvalue weighted by molar-refractivity contribution is -0.349. The predicted octanol–water partition coefficient (Wildman–Crippen LogP) is -1.03. The van der Waals surface area contributed by atoms with Crippen molar-refractivity contribution in [2.75, 3.05) is 90.9 Å². The molecule has 3 rings (SSSR count). The van der Waals surface area contributed by atoms with Gasteiger partial charge in [0.05, 0.1) is 19.8 Å². The quantitative estimate of drug-likeness (QED) is 0.205. The smallest absolute Gasteiger partial charge is 0.187 e. The van der Waals surface area contributed by atoms with Crippen LogP contribution in [0.5, 0.6) is 0 Å². The van der Waals surface area contributed by atoms with Gasteiger partial charge in [0.1, 0.15) is 73.2 Å². The SMILES string of the molecule is COC[C@H]1O[C@@H](OC[C@H]2O[C@H](OC[C@H]3O[C@H](O)[C@H](OC)[C@@H](OC)[C@@H]3OC)[C@H](OC)[C@@H](OC)[C@@H]2OC)[C@H](OC)[C@@H](OC)[C@@H]1OC. The highest BCUT2D eigenvalue weighted by Crippen LogP contribution is 2.33. The largest absolute Gasteiger partial charge is 0.382 e. The first-order valence-electron chi connectivity index (χ1n) is 14.4. The van der Waals surface area contributed by atoms with Gasteiger partial charge in [-0.1, -0.05) is 0 Å². The highest BCUT2D eigenvalue weighted by Gasteiger charge is 2.52. The molecule has 0 aromatic heterocycles. The first-order valence-corrected chi connectivity index (χ1v) is 14.4. The third kappa shape index (κ3) is 8.25. The van der Waals surface area contributed by atoms with E-state index in [1.165, 1.54) is 28.4 Å². The molecule has 16 nitrogen and oxygen atoms in total. The Morgan fingerprint density at radius 3 is 1.05 bits per heavy atom. The fourth-order valence-electron chi connectivity index (χ4n) is 6.27. The Kier molecular flexibility index (Phi) is 16.0. The molecular formula is C28H52O16. The Bertz CT molecular complexity index is 795. The second-order valence-electron chi connectivity index (χ2n) is 10.6. The van der Waals surface area contributed by atoms with Gasteiger partial charge in [0.25, 0.3) is 0 Å². The molecule has 0 aromatic carbocycles. The maximum absolute atomic E-state index is 10.5. The van der Waals surface area contributed by atoms with Crippen molar-refractivity contribution >= 4 is 0 Å². The molecule has 0 bridgehead atoms. The molecule has 3 heterocycles. The summed E-state index contributed by atoms with van der Waals surface area (Å²) in [6.07, 6.45) is -10.4. The molecule has 3 aliphatic heterocycles. The van der Waals surface area contributed by atoms with E-state index in [-0.39, 0.29) is 19.8 Å². The van der Waals surface area contributed by atoms with Gasteiger partial charge < -0.3 is 76.2 Å². The van der Waals surface area contributed by atoms with Crippen LogP contribution in [0.15, 0.2) is 0 Å². The highest BCUT2D eigenvalue weighted by atomic mass is 16.8. The molecule has 0 amide bonds. The van der Waals surface area contributed by atoms with Crippen molar-refractivity contribution < 1.29 is 76.2 Å². The summed E-state index contributed by atoms with van der Waals surface area (Å²) in [5, 5.41) is 10.5. The van der Waals surface area contributed by atoms with E-state index in [1.54, 1.807) is 42.7 Å². The first-order chi connectivity index (χ1) is 21.3. The van der Waals surface area contributed by atoms with Crippen LogP contribution in [-0.2, 0) is 71.1 Å². The molecule has 0 saturated carbocycles. The van der Waals surface area contributed by atoms with Crippen molar-refractivity contribution in [3.8, 4) is 0 Å². The van der Waals surface area contributed by atoms with E-state index in [9.17, 15) is 5.11 Å². The molecule has 16 heteroatoms.